The third-order valence-corrected chi connectivity index (χ3v) is 4.44. The third-order valence-electron chi connectivity index (χ3n) is 3.08. The zero-order valence-corrected chi connectivity index (χ0v) is 12.8. The second-order valence-corrected chi connectivity index (χ2v) is 6.76. The number of hydrogen-bond donors (Lipinski definition) is 2. The molecule has 0 bridgehead atoms. The van der Waals surface area contributed by atoms with Crippen molar-refractivity contribution < 1.29 is 8.42 Å². The summed E-state index contributed by atoms with van der Waals surface area (Å²) in [5.74, 6) is -0.0338. The molecule has 0 fully saturated rings. The average Bonchev–Trinajstić information content (AvgIpc) is 2.84. The van der Waals surface area contributed by atoms with Gasteiger partial charge in [-0.05, 0) is 23.1 Å². The van der Waals surface area contributed by atoms with Gasteiger partial charge in [0.15, 0.2) is 0 Å². The average molecular weight is 308 g/mol. The van der Waals surface area contributed by atoms with Crippen molar-refractivity contribution in [3.8, 4) is 0 Å². The summed E-state index contributed by atoms with van der Waals surface area (Å²) in [5, 5.41) is 4.05. The van der Waals surface area contributed by atoms with Gasteiger partial charge in [0.1, 0.15) is 0 Å². The van der Waals surface area contributed by atoms with Crippen molar-refractivity contribution in [2.45, 2.75) is 18.7 Å². The predicted octanol–water partition coefficient (Wildman–Crippen LogP) is 0.541. The number of nitrogens with one attached hydrogen (secondary N) is 1. The fraction of sp³-hybridized carbons (Fsp3) is 0.357. The topological polar surface area (TPSA) is 90.0 Å². The summed E-state index contributed by atoms with van der Waals surface area (Å²) in [6.07, 6.45) is 4.23. The lowest BCUT2D eigenvalue weighted by Crippen LogP contribution is -2.27. The van der Waals surface area contributed by atoms with E-state index in [2.05, 4.69) is 9.82 Å². The second kappa shape index (κ2) is 6.84. The summed E-state index contributed by atoms with van der Waals surface area (Å²) < 4.78 is 28.4. The molecular weight excluding hydrogens is 288 g/mol. The highest BCUT2D eigenvalue weighted by molar-refractivity contribution is 7.88. The molecule has 6 nitrogen and oxygen atoms in total. The minimum Gasteiger partial charge on any atom is -0.326 e. The van der Waals surface area contributed by atoms with Crippen LogP contribution in [-0.2, 0) is 35.8 Å². The van der Waals surface area contributed by atoms with Gasteiger partial charge in [-0.3, -0.25) is 4.68 Å². The molecule has 0 saturated heterocycles. The van der Waals surface area contributed by atoms with Crippen LogP contribution < -0.4 is 10.5 Å². The van der Waals surface area contributed by atoms with E-state index >= 15 is 0 Å². The highest BCUT2D eigenvalue weighted by Crippen LogP contribution is 2.08. The van der Waals surface area contributed by atoms with Crippen LogP contribution in [0.4, 0.5) is 0 Å². The van der Waals surface area contributed by atoms with Gasteiger partial charge in [-0.15, -0.1) is 0 Å². The minimum absolute atomic E-state index is 0.0338. The molecule has 114 valence electrons. The van der Waals surface area contributed by atoms with Gasteiger partial charge in [0.05, 0.1) is 11.9 Å². The van der Waals surface area contributed by atoms with Gasteiger partial charge in [0.25, 0.3) is 0 Å². The van der Waals surface area contributed by atoms with Crippen molar-refractivity contribution >= 4 is 10.0 Å². The Morgan fingerprint density at radius 3 is 2.71 bits per heavy atom. The fourth-order valence-electron chi connectivity index (χ4n) is 2.07. The van der Waals surface area contributed by atoms with Crippen LogP contribution in [0.3, 0.4) is 0 Å². The Morgan fingerprint density at radius 2 is 2.05 bits per heavy atom. The Balaban J connectivity index is 1.89. The molecule has 0 atom stereocenters. The van der Waals surface area contributed by atoms with Gasteiger partial charge in [-0.1, -0.05) is 24.3 Å². The van der Waals surface area contributed by atoms with E-state index in [1.165, 1.54) is 0 Å². The molecule has 0 amide bonds. The quantitative estimate of drug-likeness (QED) is 0.781. The lowest BCUT2D eigenvalue weighted by Gasteiger charge is -2.07. The van der Waals surface area contributed by atoms with E-state index in [0.29, 0.717) is 19.5 Å². The molecule has 1 heterocycles. The first-order chi connectivity index (χ1) is 9.98. The van der Waals surface area contributed by atoms with Gasteiger partial charge >= 0.3 is 0 Å². The third kappa shape index (κ3) is 4.96. The molecule has 0 aliphatic rings. The van der Waals surface area contributed by atoms with Gasteiger partial charge in [0, 0.05) is 26.3 Å². The van der Waals surface area contributed by atoms with Crippen molar-refractivity contribution in [1.82, 2.24) is 14.5 Å². The smallest absolute Gasteiger partial charge is 0.215 e. The minimum atomic E-state index is -3.34. The number of aryl methyl sites for hydroxylation is 1. The highest BCUT2D eigenvalue weighted by Gasteiger charge is 2.11. The van der Waals surface area contributed by atoms with Crippen LogP contribution >= 0.6 is 0 Å². The van der Waals surface area contributed by atoms with E-state index in [0.717, 1.165) is 16.7 Å². The molecule has 7 heteroatoms. The molecule has 1 aromatic carbocycles. The molecule has 1 aromatic heterocycles. The fourth-order valence-corrected chi connectivity index (χ4v) is 3.20. The zero-order chi connectivity index (χ0) is 15.3. The SMILES string of the molecule is Cn1cc(CCNS(=O)(=O)Cc2cccc(CN)c2)cn1. The largest absolute Gasteiger partial charge is 0.326 e. The van der Waals surface area contributed by atoms with Crippen LogP contribution in [0, 0.1) is 0 Å². The Labute approximate surface area is 125 Å². The number of nitrogens with zero attached hydrogens (tertiary/aromatic N) is 2. The van der Waals surface area contributed by atoms with Crippen molar-refractivity contribution in [3.63, 3.8) is 0 Å². The number of hydrogen-bond acceptors (Lipinski definition) is 4. The Morgan fingerprint density at radius 1 is 1.29 bits per heavy atom. The van der Waals surface area contributed by atoms with Crippen LogP contribution in [0.25, 0.3) is 0 Å². The van der Waals surface area contributed by atoms with E-state index in [1.807, 2.05) is 31.4 Å². The number of benzene rings is 1. The summed E-state index contributed by atoms with van der Waals surface area (Å²) in [6, 6.07) is 7.31. The number of aromatic nitrogens is 2. The van der Waals surface area contributed by atoms with Gasteiger partial charge < -0.3 is 5.73 Å². The van der Waals surface area contributed by atoms with Crippen molar-refractivity contribution in [1.29, 1.82) is 0 Å². The van der Waals surface area contributed by atoms with Gasteiger partial charge in [-0.2, -0.15) is 5.10 Å². The number of sulfonamides is 1. The van der Waals surface area contributed by atoms with Crippen LogP contribution in [-0.4, -0.2) is 24.7 Å². The van der Waals surface area contributed by atoms with Crippen LogP contribution in [0.1, 0.15) is 16.7 Å². The predicted molar refractivity (Wildman–Crippen MR) is 81.9 cm³/mol. The van der Waals surface area contributed by atoms with E-state index in [9.17, 15) is 8.42 Å². The van der Waals surface area contributed by atoms with E-state index in [1.54, 1.807) is 16.9 Å². The van der Waals surface area contributed by atoms with E-state index in [-0.39, 0.29) is 5.75 Å². The van der Waals surface area contributed by atoms with E-state index in [4.69, 9.17) is 5.73 Å². The molecule has 0 aliphatic heterocycles. The molecule has 0 unspecified atom stereocenters. The monoisotopic (exact) mass is 308 g/mol. The number of rotatable bonds is 7. The van der Waals surface area contributed by atoms with Gasteiger partial charge in [-0.25, -0.2) is 13.1 Å². The maximum absolute atomic E-state index is 12.0. The molecule has 3 N–H and O–H groups in total. The molecule has 0 spiro atoms. The van der Waals surface area contributed by atoms with E-state index < -0.39 is 10.0 Å². The lowest BCUT2D eigenvalue weighted by molar-refractivity contribution is 0.581. The number of nitrogens with two attached hydrogens (primary N) is 1. The first-order valence-electron chi connectivity index (χ1n) is 6.71. The summed E-state index contributed by atoms with van der Waals surface area (Å²) in [5.41, 5.74) is 8.23. The zero-order valence-electron chi connectivity index (χ0n) is 12.0. The molecule has 21 heavy (non-hydrogen) atoms. The van der Waals surface area contributed by atoms with Crippen molar-refractivity contribution in [3.05, 3.63) is 53.3 Å². The molecule has 0 saturated carbocycles. The lowest BCUT2D eigenvalue weighted by atomic mass is 10.1. The normalized spacial score (nSPS) is 11.7. The van der Waals surface area contributed by atoms with Crippen molar-refractivity contribution in [2.75, 3.05) is 6.54 Å². The first kappa shape index (κ1) is 15.7. The molecule has 0 aliphatic carbocycles. The molecule has 2 rings (SSSR count). The van der Waals surface area contributed by atoms with Crippen LogP contribution in [0.5, 0.6) is 0 Å². The Bertz CT molecular complexity index is 695. The summed E-state index contributed by atoms with van der Waals surface area (Å²) >= 11 is 0. The Hall–Kier alpha value is -1.70. The van der Waals surface area contributed by atoms with Crippen LogP contribution in [0.15, 0.2) is 36.7 Å². The highest BCUT2D eigenvalue weighted by atomic mass is 32.2. The summed E-state index contributed by atoms with van der Waals surface area (Å²) in [6.45, 7) is 0.771. The summed E-state index contributed by atoms with van der Waals surface area (Å²) in [7, 11) is -1.51. The summed E-state index contributed by atoms with van der Waals surface area (Å²) in [4.78, 5) is 0. The standard InChI is InChI=1S/C14H20N4O2S/c1-18-10-14(9-16-18)5-6-17-21(19,20)11-13-4-2-3-12(7-13)8-15/h2-4,7,9-10,17H,5-6,8,11,15H2,1H3. The van der Waals surface area contributed by atoms with Crippen LogP contribution in [0.2, 0.25) is 0 Å². The van der Waals surface area contributed by atoms with Gasteiger partial charge in [0.2, 0.25) is 10.0 Å². The molecule has 2 aromatic rings. The Kier molecular flexibility index (Phi) is 5.11. The molecular formula is C14H20N4O2S. The second-order valence-electron chi connectivity index (χ2n) is 4.95. The maximum Gasteiger partial charge on any atom is 0.215 e. The maximum atomic E-state index is 12.0. The molecule has 0 radical (unpaired) electrons. The van der Waals surface area contributed by atoms with Crippen molar-refractivity contribution in [2.24, 2.45) is 12.8 Å². The first-order valence-corrected chi connectivity index (χ1v) is 8.36.